The van der Waals surface area contributed by atoms with E-state index in [2.05, 4.69) is 17.2 Å². The van der Waals surface area contributed by atoms with E-state index in [9.17, 15) is 9.59 Å². The van der Waals surface area contributed by atoms with Gasteiger partial charge in [0.2, 0.25) is 5.91 Å². The number of fused-ring (bicyclic) bond motifs is 1. The Morgan fingerprint density at radius 1 is 1.12 bits per heavy atom. The highest BCUT2D eigenvalue weighted by molar-refractivity contribution is 5.79. The maximum atomic E-state index is 12.3. The molecule has 2 aromatic carbocycles. The van der Waals surface area contributed by atoms with Crippen LogP contribution in [0.15, 0.2) is 65.6 Å². The molecule has 0 saturated carbocycles. The average Bonchev–Trinajstić information content (AvgIpc) is 2.63. The fourth-order valence-corrected chi connectivity index (χ4v) is 2.64. The van der Waals surface area contributed by atoms with Crippen molar-refractivity contribution in [2.24, 2.45) is 0 Å². The molecular formula is C19H19N3O2. The van der Waals surface area contributed by atoms with Crippen LogP contribution in [0, 0.1) is 0 Å². The molecule has 122 valence electrons. The van der Waals surface area contributed by atoms with Crippen molar-refractivity contribution in [3.63, 3.8) is 0 Å². The molecule has 0 aliphatic heterocycles. The minimum atomic E-state index is -0.278. The van der Waals surface area contributed by atoms with Gasteiger partial charge in [0, 0.05) is 6.54 Å². The second-order valence-electron chi connectivity index (χ2n) is 5.79. The van der Waals surface area contributed by atoms with Gasteiger partial charge in [-0.3, -0.25) is 14.2 Å². The molecule has 1 atom stereocenters. The minimum Gasteiger partial charge on any atom is -0.354 e. The monoisotopic (exact) mass is 321 g/mol. The van der Waals surface area contributed by atoms with Crippen LogP contribution in [0.3, 0.4) is 0 Å². The van der Waals surface area contributed by atoms with E-state index < -0.39 is 0 Å². The van der Waals surface area contributed by atoms with Crippen molar-refractivity contribution in [1.82, 2.24) is 14.9 Å². The topological polar surface area (TPSA) is 64.0 Å². The summed E-state index contributed by atoms with van der Waals surface area (Å²) in [5.74, 6) is 0.0253. The van der Waals surface area contributed by atoms with Gasteiger partial charge in [-0.15, -0.1) is 0 Å². The quantitative estimate of drug-likeness (QED) is 0.784. The van der Waals surface area contributed by atoms with Crippen molar-refractivity contribution >= 4 is 16.9 Å². The summed E-state index contributed by atoms with van der Waals surface area (Å²) in [7, 11) is 0. The highest BCUT2D eigenvalue weighted by atomic mass is 16.2. The largest absolute Gasteiger partial charge is 0.354 e. The molecule has 0 aliphatic rings. The average molecular weight is 321 g/mol. The SMILES string of the molecule is CC(CNC(=O)Cn1c(=O)cnc2ccccc21)c1ccccc1. The Bertz CT molecular complexity index is 903. The van der Waals surface area contributed by atoms with E-state index in [-0.39, 0.29) is 23.9 Å². The lowest BCUT2D eigenvalue weighted by atomic mass is 10.0. The zero-order chi connectivity index (χ0) is 16.9. The van der Waals surface area contributed by atoms with E-state index in [4.69, 9.17) is 0 Å². The van der Waals surface area contributed by atoms with Crippen molar-refractivity contribution in [3.8, 4) is 0 Å². The lowest BCUT2D eigenvalue weighted by molar-refractivity contribution is -0.121. The van der Waals surface area contributed by atoms with Crippen LogP contribution in [0.4, 0.5) is 0 Å². The maximum Gasteiger partial charge on any atom is 0.269 e. The summed E-state index contributed by atoms with van der Waals surface area (Å²) in [5.41, 5.74) is 2.25. The van der Waals surface area contributed by atoms with Crippen LogP contribution in [-0.2, 0) is 11.3 Å². The van der Waals surface area contributed by atoms with Crippen LogP contribution >= 0.6 is 0 Å². The fraction of sp³-hybridized carbons (Fsp3) is 0.211. The number of nitrogens with one attached hydrogen (secondary N) is 1. The highest BCUT2D eigenvalue weighted by Gasteiger charge is 2.11. The smallest absolute Gasteiger partial charge is 0.269 e. The van der Waals surface area contributed by atoms with Crippen LogP contribution < -0.4 is 10.9 Å². The summed E-state index contributed by atoms with van der Waals surface area (Å²) < 4.78 is 1.45. The lowest BCUT2D eigenvalue weighted by Gasteiger charge is -2.14. The first-order chi connectivity index (χ1) is 11.6. The van der Waals surface area contributed by atoms with E-state index >= 15 is 0 Å². The molecule has 1 amide bonds. The Morgan fingerprint density at radius 3 is 2.62 bits per heavy atom. The Labute approximate surface area is 140 Å². The minimum absolute atomic E-state index is 0.0105. The molecule has 0 bridgehead atoms. The molecule has 24 heavy (non-hydrogen) atoms. The van der Waals surface area contributed by atoms with Gasteiger partial charge in [-0.2, -0.15) is 0 Å². The van der Waals surface area contributed by atoms with E-state index in [1.54, 1.807) is 6.07 Å². The van der Waals surface area contributed by atoms with E-state index in [0.717, 1.165) is 0 Å². The standard InChI is InChI=1S/C19H19N3O2/c1-14(15-7-3-2-4-8-15)11-21-18(23)13-22-17-10-6-5-9-16(17)20-12-19(22)24/h2-10,12,14H,11,13H2,1H3,(H,21,23). The molecule has 1 unspecified atom stereocenters. The third-order valence-corrected chi connectivity index (χ3v) is 4.03. The number of hydrogen-bond donors (Lipinski definition) is 1. The number of benzene rings is 2. The lowest BCUT2D eigenvalue weighted by Crippen LogP contribution is -2.34. The first-order valence-corrected chi connectivity index (χ1v) is 7.91. The summed E-state index contributed by atoms with van der Waals surface area (Å²) in [6, 6.07) is 17.3. The molecule has 1 N–H and O–H groups in total. The van der Waals surface area contributed by atoms with Crippen LogP contribution in [0.2, 0.25) is 0 Å². The van der Waals surface area contributed by atoms with E-state index in [0.29, 0.717) is 17.6 Å². The molecule has 1 heterocycles. The van der Waals surface area contributed by atoms with Gasteiger partial charge in [-0.25, -0.2) is 4.98 Å². The Hall–Kier alpha value is -2.95. The van der Waals surface area contributed by atoms with E-state index in [1.807, 2.05) is 48.5 Å². The summed E-state index contributed by atoms with van der Waals surface area (Å²) in [6.45, 7) is 2.58. The van der Waals surface area contributed by atoms with E-state index in [1.165, 1.54) is 16.3 Å². The Morgan fingerprint density at radius 2 is 1.83 bits per heavy atom. The van der Waals surface area contributed by atoms with Gasteiger partial charge in [-0.05, 0) is 23.6 Å². The summed E-state index contributed by atoms with van der Waals surface area (Å²) >= 11 is 0. The van der Waals surface area contributed by atoms with Gasteiger partial charge in [-0.1, -0.05) is 49.4 Å². The number of para-hydroxylation sites is 2. The Kier molecular flexibility index (Phi) is 4.70. The second-order valence-corrected chi connectivity index (χ2v) is 5.79. The predicted octanol–water partition coefficient (Wildman–Crippen LogP) is 2.32. The fourth-order valence-electron chi connectivity index (χ4n) is 2.64. The predicted molar refractivity (Wildman–Crippen MR) is 93.9 cm³/mol. The van der Waals surface area contributed by atoms with Gasteiger partial charge in [0.05, 0.1) is 17.2 Å². The zero-order valence-electron chi connectivity index (χ0n) is 13.5. The van der Waals surface area contributed by atoms with Crippen LogP contribution in [0.5, 0.6) is 0 Å². The molecule has 0 fully saturated rings. The number of aromatic nitrogens is 2. The van der Waals surface area contributed by atoms with Gasteiger partial charge >= 0.3 is 0 Å². The molecule has 1 aromatic heterocycles. The molecular weight excluding hydrogens is 302 g/mol. The van der Waals surface area contributed by atoms with Crippen LogP contribution in [0.1, 0.15) is 18.4 Å². The van der Waals surface area contributed by atoms with Gasteiger partial charge in [0.15, 0.2) is 0 Å². The van der Waals surface area contributed by atoms with Gasteiger partial charge in [0.25, 0.3) is 5.56 Å². The van der Waals surface area contributed by atoms with Crippen molar-refractivity contribution < 1.29 is 4.79 Å². The van der Waals surface area contributed by atoms with Crippen molar-refractivity contribution in [2.45, 2.75) is 19.4 Å². The van der Waals surface area contributed by atoms with Crippen molar-refractivity contribution in [2.75, 3.05) is 6.54 Å². The molecule has 5 heteroatoms. The van der Waals surface area contributed by atoms with Crippen LogP contribution in [0.25, 0.3) is 11.0 Å². The first kappa shape index (κ1) is 15.9. The molecule has 3 rings (SSSR count). The molecule has 0 spiro atoms. The second kappa shape index (κ2) is 7.08. The Balaban J connectivity index is 1.70. The summed E-state index contributed by atoms with van der Waals surface area (Å²) in [6.07, 6.45) is 1.25. The third kappa shape index (κ3) is 3.51. The molecule has 0 radical (unpaired) electrons. The number of amides is 1. The van der Waals surface area contributed by atoms with Crippen molar-refractivity contribution in [1.29, 1.82) is 0 Å². The molecule has 5 nitrogen and oxygen atoms in total. The number of nitrogens with zero attached hydrogens (tertiary/aromatic N) is 2. The third-order valence-electron chi connectivity index (χ3n) is 4.03. The highest BCUT2D eigenvalue weighted by Crippen LogP contribution is 2.13. The van der Waals surface area contributed by atoms with Gasteiger partial charge in [0.1, 0.15) is 6.54 Å². The first-order valence-electron chi connectivity index (χ1n) is 7.91. The summed E-state index contributed by atoms with van der Waals surface area (Å²) in [5, 5.41) is 2.90. The van der Waals surface area contributed by atoms with Crippen LogP contribution in [-0.4, -0.2) is 22.0 Å². The van der Waals surface area contributed by atoms with Gasteiger partial charge < -0.3 is 5.32 Å². The number of carbonyl (C=O) groups excluding carboxylic acids is 1. The zero-order valence-corrected chi connectivity index (χ0v) is 13.5. The molecule has 3 aromatic rings. The summed E-state index contributed by atoms with van der Waals surface area (Å²) in [4.78, 5) is 28.4. The number of carbonyl (C=O) groups is 1. The normalized spacial score (nSPS) is 12.0. The number of rotatable bonds is 5. The number of hydrogen-bond acceptors (Lipinski definition) is 3. The molecule has 0 saturated heterocycles. The maximum absolute atomic E-state index is 12.3. The molecule has 0 aliphatic carbocycles. The van der Waals surface area contributed by atoms with Crippen molar-refractivity contribution in [3.05, 3.63) is 76.7 Å².